The number of rotatable bonds is 2. The van der Waals surface area contributed by atoms with E-state index in [9.17, 15) is 4.79 Å². The highest BCUT2D eigenvalue weighted by molar-refractivity contribution is 5.79. The van der Waals surface area contributed by atoms with Crippen molar-refractivity contribution in [1.82, 2.24) is 9.80 Å². The lowest BCUT2D eigenvalue weighted by Gasteiger charge is -2.37. The predicted octanol–water partition coefficient (Wildman–Crippen LogP) is 1.69. The molecule has 1 saturated heterocycles. The van der Waals surface area contributed by atoms with E-state index in [4.69, 9.17) is 5.73 Å². The Morgan fingerprint density at radius 1 is 1.30 bits per heavy atom. The van der Waals surface area contributed by atoms with Crippen molar-refractivity contribution in [3.63, 3.8) is 0 Å². The Balaban J connectivity index is 2.02. The Kier molecular flexibility index (Phi) is 5.44. The first kappa shape index (κ1) is 15.8. The topological polar surface area (TPSA) is 49.6 Å². The third kappa shape index (κ3) is 3.53. The van der Waals surface area contributed by atoms with E-state index < -0.39 is 0 Å². The second-order valence-electron chi connectivity index (χ2n) is 6.86. The average Bonchev–Trinajstić information content (AvgIpc) is 2.62. The molecule has 1 aliphatic carbocycles. The van der Waals surface area contributed by atoms with Crippen LogP contribution in [0.15, 0.2) is 0 Å². The quantitative estimate of drug-likeness (QED) is 0.838. The number of nitrogens with zero attached hydrogens (tertiary/aromatic N) is 2. The first-order chi connectivity index (χ1) is 9.52. The summed E-state index contributed by atoms with van der Waals surface area (Å²) in [4.78, 5) is 17.4. The minimum absolute atomic E-state index is 0.165. The standard InChI is InChI=1S/C16H31N3O/c1-4-14-11-18(3)8-5-9-19(14)16(20)13-7-6-12(2)15(17)10-13/h12-15H,4-11,17H2,1-3H3. The van der Waals surface area contributed by atoms with Crippen molar-refractivity contribution >= 4 is 5.91 Å². The fourth-order valence-electron chi connectivity index (χ4n) is 3.70. The van der Waals surface area contributed by atoms with Crippen LogP contribution in [0.1, 0.15) is 46.0 Å². The normalized spacial score (nSPS) is 36.7. The first-order valence-electron chi connectivity index (χ1n) is 8.27. The molecular weight excluding hydrogens is 250 g/mol. The van der Waals surface area contributed by atoms with Gasteiger partial charge in [-0.15, -0.1) is 0 Å². The molecule has 116 valence electrons. The summed E-state index contributed by atoms with van der Waals surface area (Å²) in [5.74, 6) is 1.10. The van der Waals surface area contributed by atoms with Crippen LogP contribution in [0.5, 0.6) is 0 Å². The van der Waals surface area contributed by atoms with Crippen molar-refractivity contribution in [2.45, 2.75) is 58.0 Å². The van der Waals surface area contributed by atoms with Gasteiger partial charge in [-0.05, 0) is 51.6 Å². The Morgan fingerprint density at radius 2 is 2.05 bits per heavy atom. The number of carbonyl (C=O) groups is 1. The molecule has 0 aromatic rings. The van der Waals surface area contributed by atoms with E-state index in [0.717, 1.165) is 51.7 Å². The summed E-state index contributed by atoms with van der Waals surface area (Å²) in [6.45, 7) is 7.43. The molecule has 2 aliphatic rings. The van der Waals surface area contributed by atoms with Crippen LogP contribution in [0.4, 0.5) is 0 Å². The summed E-state index contributed by atoms with van der Waals surface area (Å²) in [5.41, 5.74) is 6.18. The Labute approximate surface area is 123 Å². The smallest absolute Gasteiger partial charge is 0.226 e. The van der Waals surface area contributed by atoms with Gasteiger partial charge in [0.15, 0.2) is 0 Å². The summed E-state index contributed by atoms with van der Waals surface area (Å²) in [6, 6.07) is 0.581. The van der Waals surface area contributed by atoms with Gasteiger partial charge >= 0.3 is 0 Å². The van der Waals surface area contributed by atoms with Gasteiger partial charge in [0.1, 0.15) is 0 Å². The first-order valence-corrected chi connectivity index (χ1v) is 8.27. The molecule has 0 bridgehead atoms. The summed E-state index contributed by atoms with van der Waals surface area (Å²) < 4.78 is 0. The summed E-state index contributed by atoms with van der Waals surface area (Å²) in [5, 5.41) is 0. The van der Waals surface area contributed by atoms with E-state index in [1.165, 1.54) is 0 Å². The van der Waals surface area contributed by atoms with Gasteiger partial charge in [-0.1, -0.05) is 13.8 Å². The largest absolute Gasteiger partial charge is 0.338 e. The molecule has 4 nitrogen and oxygen atoms in total. The van der Waals surface area contributed by atoms with Crippen molar-refractivity contribution in [2.24, 2.45) is 17.6 Å². The zero-order valence-corrected chi connectivity index (χ0v) is 13.3. The average molecular weight is 281 g/mol. The predicted molar refractivity (Wildman–Crippen MR) is 82.4 cm³/mol. The third-order valence-electron chi connectivity index (χ3n) is 5.26. The second kappa shape index (κ2) is 6.90. The Hall–Kier alpha value is -0.610. The molecule has 1 amide bonds. The lowest BCUT2D eigenvalue weighted by atomic mass is 9.79. The van der Waals surface area contributed by atoms with Crippen LogP contribution in [-0.4, -0.2) is 54.5 Å². The highest BCUT2D eigenvalue weighted by Crippen LogP contribution is 2.30. The lowest BCUT2D eigenvalue weighted by Crippen LogP contribution is -2.48. The van der Waals surface area contributed by atoms with Crippen LogP contribution in [0.2, 0.25) is 0 Å². The molecule has 4 atom stereocenters. The van der Waals surface area contributed by atoms with Crippen LogP contribution < -0.4 is 5.73 Å². The minimum Gasteiger partial charge on any atom is -0.338 e. The van der Waals surface area contributed by atoms with Gasteiger partial charge in [-0.3, -0.25) is 4.79 Å². The molecule has 2 rings (SSSR count). The SMILES string of the molecule is CCC1CN(C)CCCN1C(=O)C1CCC(C)C(N)C1. The van der Waals surface area contributed by atoms with Crippen molar-refractivity contribution in [2.75, 3.05) is 26.7 Å². The molecule has 1 heterocycles. The molecule has 4 heteroatoms. The molecule has 2 N–H and O–H groups in total. The van der Waals surface area contributed by atoms with E-state index in [2.05, 4.69) is 30.7 Å². The van der Waals surface area contributed by atoms with Crippen LogP contribution in [0.3, 0.4) is 0 Å². The van der Waals surface area contributed by atoms with Crippen LogP contribution >= 0.6 is 0 Å². The van der Waals surface area contributed by atoms with Crippen LogP contribution in [0.25, 0.3) is 0 Å². The van der Waals surface area contributed by atoms with Gasteiger partial charge in [-0.25, -0.2) is 0 Å². The van der Waals surface area contributed by atoms with Gasteiger partial charge in [0.25, 0.3) is 0 Å². The second-order valence-corrected chi connectivity index (χ2v) is 6.86. The molecule has 1 aliphatic heterocycles. The van der Waals surface area contributed by atoms with Gasteiger partial charge in [-0.2, -0.15) is 0 Å². The molecule has 4 unspecified atom stereocenters. The number of carbonyl (C=O) groups excluding carboxylic acids is 1. The number of likely N-dealkylation sites (N-methyl/N-ethyl adjacent to an activating group) is 1. The molecule has 1 saturated carbocycles. The summed E-state index contributed by atoms with van der Waals surface area (Å²) in [6.07, 6.45) is 5.14. The van der Waals surface area contributed by atoms with Gasteiger partial charge in [0.05, 0.1) is 0 Å². The molecule has 0 spiro atoms. The minimum atomic E-state index is 0.165. The Morgan fingerprint density at radius 3 is 2.70 bits per heavy atom. The highest BCUT2D eigenvalue weighted by Gasteiger charge is 2.35. The summed E-state index contributed by atoms with van der Waals surface area (Å²) >= 11 is 0. The van der Waals surface area contributed by atoms with Crippen molar-refractivity contribution < 1.29 is 4.79 Å². The number of nitrogens with two attached hydrogens (primary N) is 1. The lowest BCUT2D eigenvalue weighted by molar-refractivity contribution is -0.139. The third-order valence-corrected chi connectivity index (χ3v) is 5.26. The van der Waals surface area contributed by atoms with Gasteiger partial charge < -0.3 is 15.5 Å². The molecule has 2 fully saturated rings. The molecular formula is C16H31N3O. The van der Waals surface area contributed by atoms with Crippen LogP contribution in [-0.2, 0) is 4.79 Å². The zero-order valence-electron chi connectivity index (χ0n) is 13.3. The maximum Gasteiger partial charge on any atom is 0.226 e. The van der Waals surface area contributed by atoms with Crippen molar-refractivity contribution in [3.8, 4) is 0 Å². The van der Waals surface area contributed by atoms with E-state index in [-0.39, 0.29) is 12.0 Å². The molecule has 0 aromatic heterocycles. The monoisotopic (exact) mass is 281 g/mol. The molecule has 0 radical (unpaired) electrons. The van der Waals surface area contributed by atoms with Crippen molar-refractivity contribution in [1.29, 1.82) is 0 Å². The fourth-order valence-corrected chi connectivity index (χ4v) is 3.70. The Bertz CT molecular complexity index is 334. The van der Waals surface area contributed by atoms with Crippen molar-refractivity contribution in [3.05, 3.63) is 0 Å². The van der Waals surface area contributed by atoms with Gasteiger partial charge in [0, 0.05) is 31.1 Å². The maximum atomic E-state index is 12.9. The number of hydrogen-bond donors (Lipinski definition) is 1. The highest BCUT2D eigenvalue weighted by atomic mass is 16.2. The van der Waals surface area contributed by atoms with E-state index in [1.807, 2.05) is 0 Å². The molecule has 0 aromatic carbocycles. The van der Waals surface area contributed by atoms with E-state index in [1.54, 1.807) is 0 Å². The zero-order chi connectivity index (χ0) is 14.7. The number of hydrogen-bond acceptors (Lipinski definition) is 3. The molecule has 20 heavy (non-hydrogen) atoms. The van der Waals surface area contributed by atoms with Crippen LogP contribution in [0, 0.1) is 11.8 Å². The summed E-state index contributed by atoms with van der Waals surface area (Å²) in [7, 11) is 2.16. The fraction of sp³-hybridized carbons (Fsp3) is 0.938. The maximum absolute atomic E-state index is 12.9. The number of amides is 1. The van der Waals surface area contributed by atoms with E-state index in [0.29, 0.717) is 17.9 Å². The van der Waals surface area contributed by atoms with Gasteiger partial charge in [0.2, 0.25) is 5.91 Å². The van der Waals surface area contributed by atoms with E-state index >= 15 is 0 Å².